The van der Waals surface area contributed by atoms with Crippen molar-refractivity contribution in [2.45, 2.75) is 38.5 Å². The van der Waals surface area contributed by atoms with Crippen molar-refractivity contribution < 1.29 is 9.59 Å². The van der Waals surface area contributed by atoms with E-state index in [1.54, 1.807) is 0 Å². The van der Waals surface area contributed by atoms with Crippen molar-refractivity contribution in [3.8, 4) is 0 Å². The van der Waals surface area contributed by atoms with Crippen LogP contribution in [-0.4, -0.2) is 61.1 Å². The van der Waals surface area contributed by atoms with E-state index in [1.165, 1.54) is 19.3 Å². The summed E-state index contributed by atoms with van der Waals surface area (Å²) in [5.41, 5.74) is 3.63. The number of likely N-dealkylation sites (tertiary alicyclic amines) is 1. The maximum absolute atomic E-state index is 12.6. The van der Waals surface area contributed by atoms with E-state index in [0.29, 0.717) is 24.6 Å². The third-order valence-electron chi connectivity index (χ3n) is 6.14. The van der Waals surface area contributed by atoms with E-state index in [2.05, 4.69) is 15.1 Å². The van der Waals surface area contributed by atoms with Crippen LogP contribution in [0.15, 0.2) is 48.5 Å². The van der Waals surface area contributed by atoms with Gasteiger partial charge in [-0.1, -0.05) is 30.7 Å². The third-order valence-corrected chi connectivity index (χ3v) is 6.48. The van der Waals surface area contributed by atoms with Gasteiger partial charge in [0.1, 0.15) is 5.78 Å². The Hall–Kier alpha value is -2.08. The van der Waals surface area contributed by atoms with Gasteiger partial charge in [0.05, 0.1) is 6.42 Å². The van der Waals surface area contributed by atoms with Gasteiger partial charge < -0.3 is 15.1 Å². The molecule has 2 aromatic carbocycles. The fourth-order valence-corrected chi connectivity index (χ4v) is 4.74. The topological polar surface area (TPSA) is 52.7 Å². The van der Waals surface area contributed by atoms with E-state index >= 15 is 0 Å². The van der Waals surface area contributed by atoms with Crippen LogP contribution in [0.4, 0.5) is 11.4 Å². The number of anilines is 2. The van der Waals surface area contributed by atoms with E-state index < -0.39 is 0 Å². The number of carbonyl (C=O) groups excluding carboxylic acids is 2. The highest BCUT2D eigenvalue weighted by molar-refractivity contribution is 6.18. The molecule has 1 fully saturated rings. The Morgan fingerprint density at radius 2 is 1.59 bits per heavy atom. The molecule has 1 amide bonds. The zero-order valence-electron chi connectivity index (χ0n) is 19.8. The summed E-state index contributed by atoms with van der Waals surface area (Å²) in [6, 6.07) is 15.5. The Kier molecular flexibility index (Phi) is 11.2. The minimum Gasteiger partial charge on any atom is -0.369 e. The van der Waals surface area contributed by atoms with Gasteiger partial charge in [-0.2, -0.15) is 0 Å². The maximum Gasteiger partial charge on any atom is 0.228 e. The molecule has 0 unspecified atom stereocenters. The quantitative estimate of drug-likeness (QED) is 0.384. The molecule has 1 aliphatic rings. The van der Waals surface area contributed by atoms with E-state index in [4.69, 9.17) is 23.2 Å². The maximum atomic E-state index is 12.6. The lowest BCUT2D eigenvalue weighted by molar-refractivity contribution is -0.119. The lowest BCUT2D eigenvalue weighted by Crippen LogP contribution is -2.31. The molecule has 7 heteroatoms. The molecular weight excluding hydrogens is 469 g/mol. The Bertz CT molecular complexity index is 908. The predicted molar refractivity (Wildman–Crippen MR) is 142 cm³/mol. The van der Waals surface area contributed by atoms with Gasteiger partial charge in [-0.25, -0.2) is 0 Å². The minimum absolute atomic E-state index is 0.0836. The minimum atomic E-state index is -0.0836. The fraction of sp³-hybridized carbons (Fsp3) is 0.481. The molecule has 0 atom stereocenters. The first-order valence-corrected chi connectivity index (χ1v) is 13.2. The van der Waals surface area contributed by atoms with Crippen LogP contribution in [0.5, 0.6) is 0 Å². The zero-order chi connectivity index (χ0) is 24.2. The van der Waals surface area contributed by atoms with E-state index in [1.807, 2.05) is 48.5 Å². The lowest BCUT2D eigenvalue weighted by Gasteiger charge is -2.25. The molecule has 1 heterocycles. The molecule has 1 saturated heterocycles. The van der Waals surface area contributed by atoms with Crippen molar-refractivity contribution in [3.05, 3.63) is 59.7 Å². The number of Topliss-reactive ketones (excluding diaryl/α,β-unsaturated/α-hetero) is 1. The van der Waals surface area contributed by atoms with Gasteiger partial charge in [-0.05, 0) is 61.3 Å². The number of benzene rings is 2. The molecule has 0 aliphatic carbocycles. The smallest absolute Gasteiger partial charge is 0.228 e. The van der Waals surface area contributed by atoms with Gasteiger partial charge in [-0.3, -0.25) is 9.59 Å². The highest BCUT2D eigenvalue weighted by atomic mass is 35.5. The second kappa shape index (κ2) is 14.3. The molecular formula is C27H35Cl2N3O2. The van der Waals surface area contributed by atoms with Crippen molar-refractivity contribution in [1.29, 1.82) is 0 Å². The SMILES string of the molecule is O=C(CCN1CCCCC1)Cc1cccc(NC(=O)Cc2ccc(N(CCCl)CCCl)cc2)c1. The number of halogens is 2. The fourth-order valence-electron chi connectivity index (χ4n) is 4.33. The first kappa shape index (κ1) is 26.5. The monoisotopic (exact) mass is 503 g/mol. The number of amides is 1. The van der Waals surface area contributed by atoms with Crippen LogP contribution in [0.2, 0.25) is 0 Å². The Morgan fingerprint density at radius 1 is 0.882 bits per heavy atom. The van der Waals surface area contributed by atoms with Crippen molar-refractivity contribution in [1.82, 2.24) is 4.90 Å². The van der Waals surface area contributed by atoms with Crippen LogP contribution in [0.1, 0.15) is 36.8 Å². The van der Waals surface area contributed by atoms with Gasteiger partial charge >= 0.3 is 0 Å². The second-order valence-electron chi connectivity index (χ2n) is 8.82. The third kappa shape index (κ3) is 8.94. The molecule has 0 aromatic heterocycles. The summed E-state index contributed by atoms with van der Waals surface area (Å²) in [5.74, 6) is 1.22. The summed E-state index contributed by atoms with van der Waals surface area (Å²) < 4.78 is 0. The normalized spacial score (nSPS) is 14.1. The van der Waals surface area contributed by atoms with E-state index in [0.717, 1.165) is 55.2 Å². The van der Waals surface area contributed by atoms with Crippen LogP contribution in [-0.2, 0) is 22.4 Å². The van der Waals surface area contributed by atoms with Crippen LogP contribution in [0.25, 0.3) is 0 Å². The molecule has 0 spiro atoms. The molecule has 1 N–H and O–H groups in total. The molecule has 2 aromatic rings. The second-order valence-corrected chi connectivity index (χ2v) is 9.58. The summed E-state index contributed by atoms with van der Waals surface area (Å²) in [4.78, 5) is 29.6. The molecule has 0 saturated carbocycles. The molecule has 0 bridgehead atoms. The number of alkyl halides is 2. The van der Waals surface area contributed by atoms with Crippen LogP contribution in [0, 0.1) is 0 Å². The number of nitrogens with zero attached hydrogens (tertiary/aromatic N) is 2. The molecule has 3 rings (SSSR count). The Balaban J connectivity index is 1.48. The van der Waals surface area contributed by atoms with E-state index in [9.17, 15) is 9.59 Å². The number of hydrogen-bond acceptors (Lipinski definition) is 4. The highest BCUT2D eigenvalue weighted by Crippen LogP contribution is 2.17. The Labute approximate surface area is 213 Å². The van der Waals surface area contributed by atoms with Crippen LogP contribution >= 0.6 is 23.2 Å². The highest BCUT2D eigenvalue weighted by Gasteiger charge is 2.13. The molecule has 5 nitrogen and oxygen atoms in total. The van der Waals surface area contributed by atoms with Gasteiger partial charge in [0.2, 0.25) is 5.91 Å². The largest absolute Gasteiger partial charge is 0.369 e. The molecule has 184 valence electrons. The van der Waals surface area contributed by atoms with Crippen LogP contribution in [0.3, 0.4) is 0 Å². The summed E-state index contributed by atoms with van der Waals surface area (Å²) in [5, 5.41) is 2.96. The Morgan fingerprint density at radius 3 is 2.26 bits per heavy atom. The van der Waals surface area contributed by atoms with E-state index in [-0.39, 0.29) is 18.1 Å². The molecule has 0 radical (unpaired) electrons. The standard InChI is InChI=1S/C27H35Cl2N3O2/c28-12-17-32(18-13-29)25-9-7-22(8-10-25)21-27(34)30-24-6-4-5-23(19-24)20-26(33)11-16-31-14-2-1-3-15-31/h4-10,19H,1-3,11-18,20-21H2,(H,30,34). The number of piperidine rings is 1. The number of rotatable bonds is 13. The predicted octanol–water partition coefficient (Wildman–Crippen LogP) is 5.14. The zero-order valence-corrected chi connectivity index (χ0v) is 21.3. The van der Waals surface area contributed by atoms with Crippen molar-refractivity contribution in [2.24, 2.45) is 0 Å². The van der Waals surface area contributed by atoms with Crippen LogP contribution < -0.4 is 10.2 Å². The summed E-state index contributed by atoms with van der Waals surface area (Å²) in [7, 11) is 0. The number of hydrogen-bond donors (Lipinski definition) is 1. The first-order chi connectivity index (χ1) is 16.6. The average Bonchev–Trinajstić information content (AvgIpc) is 2.84. The lowest BCUT2D eigenvalue weighted by atomic mass is 10.0. The number of ketones is 1. The average molecular weight is 505 g/mol. The van der Waals surface area contributed by atoms with Crippen molar-refractivity contribution >= 4 is 46.3 Å². The summed E-state index contributed by atoms with van der Waals surface area (Å²) in [6.07, 6.45) is 5.04. The molecule has 34 heavy (non-hydrogen) atoms. The van der Waals surface area contributed by atoms with Crippen molar-refractivity contribution in [2.75, 3.05) is 54.7 Å². The van der Waals surface area contributed by atoms with Gasteiger partial charge in [0.25, 0.3) is 0 Å². The number of nitrogens with one attached hydrogen (secondary N) is 1. The number of carbonyl (C=O) groups is 2. The van der Waals surface area contributed by atoms with Gasteiger partial charge in [0, 0.05) is 55.6 Å². The van der Waals surface area contributed by atoms with Gasteiger partial charge in [-0.15, -0.1) is 23.2 Å². The summed E-state index contributed by atoms with van der Waals surface area (Å²) in [6.45, 7) is 4.52. The molecule has 1 aliphatic heterocycles. The first-order valence-electron chi connectivity index (χ1n) is 12.2. The summed E-state index contributed by atoms with van der Waals surface area (Å²) >= 11 is 11.8. The van der Waals surface area contributed by atoms with Crippen molar-refractivity contribution in [3.63, 3.8) is 0 Å². The van der Waals surface area contributed by atoms with Gasteiger partial charge in [0.15, 0.2) is 0 Å².